The van der Waals surface area contributed by atoms with Crippen LogP contribution in [0.2, 0.25) is 0 Å². The van der Waals surface area contributed by atoms with Gasteiger partial charge in [-0.15, -0.1) is 0 Å². The molecule has 0 heterocycles. The Morgan fingerprint density at radius 1 is 1.53 bits per heavy atom. The predicted molar refractivity (Wildman–Crippen MR) is 72.0 cm³/mol. The maximum atomic E-state index is 13.0. The van der Waals surface area contributed by atoms with Crippen LogP contribution in [-0.4, -0.2) is 29.9 Å². The molecule has 0 bridgehead atoms. The highest BCUT2D eigenvalue weighted by atomic mass is 19.1. The van der Waals surface area contributed by atoms with E-state index in [1.807, 2.05) is 18.7 Å². The van der Waals surface area contributed by atoms with Gasteiger partial charge < -0.3 is 5.32 Å². The lowest BCUT2D eigenvalue weighted by molar-refractivity contribution is -0.117. The van der Waals surface area contributed by atoms with Crippen LogP contribution in [-0.2, 0) is 4.79 Å². The first-order chi connectivity index (χ1) is 9.02. The molecule has 0 unspecified atom stereocenters. The summed E-state index contributed by atoms with van der Waals surface area (Å²) in [4.78, 5) is 13.7. The average Bonchev–Trinajstić information content (AvgIpc) is 2.34. The molecule has 1 amide bonds. The Morgan fingerprint density at radius 3 is 2.84 bits per heavy atom. The van der Waals surface area contributed by atoms with E-state index in [4.69, 9.17) is 5.26 Å². The number of benzene rings is 1. The van der Waals surface area contributed by atoms with Crippen molar-refractivity contribution in [2.45, 2.75) is 26.3 Å². The summed E-state index contributed by atoms with van der Waals surface area (Å²) < 4.78 is 13.0. The van der Waals surface area contributed by atoms with Crippen molar-refractivity contribution >= 4 is 11.6 Å². The maximum absolute atomic E-state index is 13.0. The Bertz CT molecular complexity index is 468. The number of rotatable bonds is 6. The molecule has 4 nitrogen and oxygen atoms in total. The van der Waals surface area contributed by atoms with E-state index in [1.165, 1.54) is 12.1 Å². The third-order valence-electron chi connectivity index (χ3n) is 2.70. The first-order valence-electron chi connectivity index (χ1n) is 6.19. The standard InChI is InChI=1S/C14H18FN3O/c1-11(2)18(8-4-7-16)10-14(19)17-13-6-3-5-12(15)9-13/h3,5-6,9,11H,4,8,10H2,1-2H3,(H,17,19). The SMILES string of the molecule is CC(C)N(CCC#N)CC(=O)Nc1cccc(F)c1. The summed E-state index contributed by atoms with van der Waals surface area (Å²) in [7, 11) is 0. The zero-order valence-corrected chi connectivity index (χ0v) is 11.2. The molecular weight excluding hydrogens is 245 g/mol. The number of carbonyl (C=O) groups excluding carboxylic acids is 1. The van der Waals surface area contributed by atoms with Gasteiger partial charge in [0, 0.05) is 24.7 Å². The van der Waals surface area contributed by atoms with Gasteiger partial charge in [0.1, 0.15) is 5.82 Å². The number of nitrogens with one attached hydrogen (secondary N) is 1. The number of halogens is 1. The molecule has 1 aromatic rings. The van der Waals surface area contributed by atoms with Crippen LogP contribution < -0.4 is 5.32 Å². The Morgan fingerprint density at radius 2 is 2.26 bits per heavy atom. The summed E-state index contributed by atoms with van der Waals surface area (Å²) in [6.07, 6.45) is 0.380. The van der Waals surface area contributed by atoms with Crippen LogP contribution in [0.3, 0.4) is 0 Å². The molecule has 0 aliphatic heterocycles. The second-order valence-electron chi connectivity index (χ2n) is 4.53. The molecule has 0 aliphatic carbocycles. The number of anilines is 1. The van der Waals surface area contributed by atoms with Crippen LogP contribution in [0.15, 0.2) is 24.3 Å². The number of amides is 1. The first kappa shape index (κ1) is 15.1. The summed E-state index contributed by atoms with van der Waals surface area (Å²) in [6.45, 7) is 4.67. The van der Waals surface area contributed by atoms with Crippen molar-refractivity contribution in [1.29, 1.82) is 5.26 Å². The van der Waals surface area contributed by atoms with E-state index in [0.29, 0.717) is 18.7 Å². The van der Waals surface area contributed by atoms with Crippen molar-refractivity contribution in [2.24, 2.45) is 0 Å². The molecule has 1 rings (SSSR count). The van der Waals surface area contributed by atoms with Gasteiger partial charge >= 0.3 is 0 Å². The number of nitrogens with zero attached hydrogens (tertiary/aromatic N) is 2. The van der Waals surface area contributed by atoms with Gasteiger partial charge in [-0.05, 0) is 32.0 Å². The Balaban J connectivity index is 2.55. The van der Waals surface area contributed by atoms with Crippen molar-refractivity contribution < 1.29 is 9.18 Å². The smallest absolute Gasteiger partial charge is 0.238 e. The zero-order valence-electron chi connectivity index (χ0n) is 11.2. The van der Waals surface area contributed by atoms with E-state index in [-0.39, 0.29) is 24.3 Å². The van der Waals surface area contributed by atoms with Gasteiger partial charge in [0.05, 0.1) is 12.6 Å². The van der Waals surface area contributed by atoms with Crippen LogP contribution >= 0.6 is 0 Å². The Hall–Kier alpha value is -1.93. The van der Waals surface area contributed by atoms with Gasteiger partial charge in [-0.25, -0.2) is 4.39 Å². The number of nitriles is 1. The van der Waals surface area contributed by atoms with Crippen LogP contribution in [0.5, 0.6) is 0 Å². The second-order valence-corrected chi connectivity index (χ2v) is 4.53. The summed E-state index contributed by atoms with van der Waals surface area (Å²) in [6, 6.07) is 8.00. The van der Waals surface area contributed by atoms with E-state index in [2.05, 4.69) is 11.4 Å². The third kappa shape index (κ3) is 5.49. The minimum Gasteiger partial charge on any atom is -0.325 e. The van der Waals surface area contributed by atoms with Crippen molar-refractivity contribution in [1.82, 2.24) is 4.90 Å². The van der Waals surface area contributed by atoms with Crippen molar-refractivity contribution in [3.63, 3.8) is 0 Å². The lowest BCUT2D eigenvalue weighted by Crippen LogP contribution is -2.38. The average molecular weight is 263 g/mol. The molecule has 1 aromatic carbocycles. The highest BCUT2D eigenvalue weighted by molar-refractivity contribution is 5.92. The van der Waals surface area contributed by atoms with Gasteiger partial charge in [-0.2, -0.15) is 5.26 Å². The fourth-order valence-electron chi connectivity index (χ4n) is 1.66. The summed E-state index contributed by atoms with van der Waals surface area (Å²) in [5.74, 6) is -0.597. The van der Waals surface area contributed by atoms with E-state index in [0.717, 1.165) is 0 Å². The summed E-state index contributed by atoms with van der Waals surface area (Å²) in [5, 5.41) is 11.2. The molecule has 0 radical (unpaired) electrons. The lowest BCUT2D eigenvalue weighted by atomic mass is 10.2. The topological polar surface area (TPSA) is 56.1 Å². The predicted octanol–water partition coefficient (Wildman–Crippen LogP) is 2.39. The lowest BCUT2D eigenvalue weighted by Gasteiger charge is -2.24. The minimum absolute atomic E-state index is 0.173. The summed E-state index contributed by atoms with van der Waals surface area (Å²) >= 11 is 0. The van der Waals surface area contributed by atoms with Crippen molar-refractivity contribution in [3.05, 3.63) is 30.1 Å². The highest BCUT2D eigenvalue weighted by Crippen LogP contribution is 2.09. The Labute approximate surface area is 112 Å². The maximum Gasteiger partial charge on any atom is 0.238 e. The van der Waals surface area contributed by atoms with Crippen LogP contribution in [0.4, 0.5) is 10.1 Å². The molecule has 0 saturated carbocycles. The van der Waals surface area contributed by atoms with Crippen LogP contribution in [0, 0.1) is 17.1 Å². The van der Waals surface area contributed by atoms with E-state index in [1.54, 1.807) is 12.1 Å². The van der Waals surface area contributed by atoms with Crippen LogP contribution in [0.25, 0.3) is 0 Å². The number of hydrogen-bond donors (Lipinski definition) is 1. The fraction of sp³-hybridized carbons (Fsp3) is 0.429. The second kappa shape index (κ2) is 7.49. The van der Waals surface area contributed by atoms with Gasteiger partial charge in [-0.3, -0.25) is 9.69 Å². The zero-order chi connectivity index (χ0) is 14.3. The molecular formula is C14H18FN3O. The molecule has 0 spiro atoms. The largest absolute Gasteiger partial charge is 0.325 e. The van der Waals surface area contributed by atoms with Gasteiger partial charge in [0.2, 0.25) is 5.91 Å². The van der Waals surface area contributed by atoms with Crippen LogP contribution in [0.1, 0.15) is 20.3 Å². The van der Waals surface area contributed by atoms with Gasteiger partial charge in [0.25, 0.3) is 0 Å². The minimum atomic E-state index is -0.386. The third-order valence-corrected chi connectivity index (χ3v) is 2.70. The molecule has 0 aromatic heterocycles. The number of carbonyl (C=O) groups is 1. The van der Waals surface area contributed by atoms with Gasteiger partial charge in [-0.1, -0.05) is 6.07 Å². The molecule has 0 atom stereocenters. The summed E-state index contributed by atoms with van der Waals surface area (Å²) in [5.41, 5.74) is 0.439. The first-order valence-corrected chi connectivity index (χ1v) is 6.19. The molecule has 5 heteroatoms. The highest BCUT2D eigenvalue weighted by Gasteiger charge is 2.13. The quantitative estimate of drug-likeness (QED) is 0.857. The Kier molecular flexibility index (Phi) is 5.97. The molecule has 0 saturated heterocycles. The molecule has 102 valence electrons. The molecule has 0 aliphatic rings. The van der Waals surface area contributed by atoms with E-state index < -0.39 is 0 Å². The molecule has 0 fully saturated rings. The van der Waals surface area contributed by atoms with Crippen molar-refractivity contribution in [3.8, 4) is 6.07 Å². The monoisotopic (exact) mass is 263 g/mol. The van der Waals surface area contributed by atoms with Crippen molar-refractivity contribution in [2.75, 3.05) is 18.4 Å². The van der Waals surface area contributed by atoms with E-state index >= 15 is 0 Å². The molecule has 1 N–H and O–H groups in total. The molecule has 19 heavy (non-hydrogen) atoms. The fourth-order valence-corrected chi connectivity index (χ4v) is 1.66. The normalized spacial score (nSPS) is 10.5. The number of hydrogen-bond acceptors (Lipinski definition) is 3. The van der Waals surface area contributed by atoms with Gasteiger partial charge in [0.15, 0.2) is 0 Å². The van der Waals surface area contributed by atoms with E-state index in [9.17, 15) is 9.18 Å².